The van der Waals surface area contributed by atoms with Crippen LogP contribution in [0.5, 0.6) is 0 Å². The first-order chi connectivity index (χ1) is 13.6. The molecule has 3 heterocycles. The van der Waals surface area contributed by atoms with Gasteiger partial charge in [0.2, 0.25) is 11.8 Å². The summed E-state index contributed by atoms with van der Waals surface area (Å²) in [4.78, 5) is 31.4. The normalized spacial score (nSPS) is 46.9. The van der Waals surface area contributed by atoms with E-state index in [2.05, 4.69) is 10.2 Å². The zero-order valence-corrected chi connectivity index (χ0v) is 17.1. The van der Waals surface area contributed by atoms with Gasteiger partial charge in [-0.3, -0.25) is 9.59 Å². The van der Waals surface area contributed by atoms with Crippen LogP contribution in [0.1, 0.15) is 70.6 Å². The predicted octanol–water partition coefficient (Wildman–Crippen LogP) is 2.55. The summed E-state index contributed by atoms with van der Waals surface area (Å²) in [5, 5.41) is 3.68. The van der Waals surface area contributed by atoms with Gasteiger partial charge >= 0.3 is 0 Å². The molecule has 28 heavy (non-hydrogen) atoms. The Kier molecular flexibility index (Phi) is 4.08. The van der Waals surface area contributed by atoms with E-state index in [1.54, 1.807) is 0 Å². The minimum absolute atomic E-state index is 0.114. The Balaban J connectivity index is 1.20. The first kappa shape index (κ1) is 17.7. The molecule has 1 N–H and O–H groups in total. The third-order valence-electron chi connectivity index (χ3n) is 9.13. The van der Waals surface area contributed by atoms with Gasteiger partial charge in [-0.1, -0.05) is 0 Å². The molecule has 4 aliphatic carbocycles. The molecular weight excluding hydrogens is 350 g/mol. The molecule has 4 saturated carbocycles. The van der Waals surface area contributed by atoms with Crippen molar-refractivity contribution in [3.63, 3.8) is 0 Å². The molecular formula is C23H35N3O2. The van der Waals surface area contributed by atoms with Crippen LogP contribution in [0.3, 0.4) is 0 Å². The van der Waals surface area contributed by atoms with E-state index in [0.29, 0.717) is 18.0 Å². The molecule has 0 spiro atoms. The Morgan fingerprint density at radius 2 is 1.50 bits per heavy atom. The largest absolute Gasteiger partial charge is 0.339 e. The highest BCUT2D eigenvalue weighted by atomic mass is 16.2. The number of carbonyl (C=O) groups is 2. The topological polar surface area (TPSA) is 52.7 Å². The maximum atomic E-state index is 13.8. The summed E-state index contributed by atoms with van der Waals surface area (Å²) in [7, 11) is 0. The van der Waals surface area contributed by atoms with Crippen LogP contribution in [-0.2, 0) is 9.59 Å². The standard InChI is InChI=1S/C23H35N3O2/c27-21(25-7-5-18-3-4-19(14-25)24-18)20-2-1-6-26(20)22(28)23-11-15-8-16(12-23)10-17(9-15)13-23/h15-20,24H,1-14H2. The summed E-state index contributed by atoms with van der Waals surface area (Å²) in [5.41, 5.74) is -0.114. The molecule has 7 rings (SSSR count). The summed E-state index contributed by atoms with van der Waals surface area (Å²) in [6, 6.07) is 0.874. The van der Waals surface area contributed by atoms with Gasteiger partial charge in [0.05, 0.1) is 5.41 Å². The van der Waals surface area contributed by atoms with Crippen molar-refractivity contribution in [2.45, 2.75) is 88.8 Å². The fourth-order valence-electron chi connectivity index (χ4n) is 8.30. The number of fused-ring (bicyclic) bond motifs is 2. The van der Waals surface area contributed by atoms with Crippen LogP contribution in [0.4, 0.5) is 0 Å². The molecule has 3 aliphatic heterocycles. The van der Waals surface area contributed by atoms with Crippen LogP contribution in [0.15, 0.2) is 0 Å². The molecule has 0 aromatic rings. The van der Waals surface area contributed by atoms with Gasteiger partial charge in [-0.2, -0.15) is 0 Å². The van der Waals surface area contributed by atoms with Gasteiger partial charge < -0.3 is 15.1 Å². The van der Waals surface area contributed by atoms with Crippen molar-refractivity contribution >= 4 is 11.8 Å². The molecule has 7 fully saturated rings. The Hall–Kier alpha value is -1.10. The quantitative estimate of drug-likeness (QED) is 0.795. The number of nitrogens with one attached hydrogen (secondary N) is 1. The van der Waals surface area contributed by atoms with E-state index < -0.39 is 0 Å². The zero-order valence-electron chi connectivity index (χ0n) is 17.1. The molecule has 154 valence electrons. The predicted molar refractivity (Wildman–Crippen MR) is 106 cm³/mol. The molecule has 3 unspecified atom stereocenters. The number of carbonyl (C=O) groups excluding carboxylic acids is 2. The Bertz CT molecular complexity index is 641. The van der Waals surface area contributed by atoms with Gasteiger partial charge in [-0.05, 0) is 88.4 Å². The van der Waals surface area contributed by atoms with Crippen LogP contribution in [0.2, 0.25) is 0 Å². The van der Waals surface area contributed by atoms with Crippen molar-refractivity contribution in [1.82, 2.24) is 15.1 Å². The molecule has 3 atom stereocenters. The number of hydrogen-bond donors (Lipinski definition) is 1. The highest BCUT2D eigenvalue weighted by molar-refractivity contribution is 5.91. The molecule has 6 bridgehead atoms. The van der Waals surface area contributed by atoms with E-state index in [1.165, 1.54) is 32.1 Å². The van der Waals surface area contributed by atoms with Crippen LogP contribution in [0.25, 0.3) is 0 Å². The van der Waals surface area contributed by atoms with Crippen molar-refractivity contribution in [3.05, 3.63) is 0 Å². The minimum Gasteiger partial charge on any atom is -0.339 e. The highest BCUT2D eigenvalue weighted by Gasteiger charge is 2.57. The van der Waals surface area contributed by atoms with Crippen LogP contribution < -0.4 is 5.32 Å². The number of hydrogen-bond acceptors (Lipinski definition) is 3. The van der Waals surface area contributed by atoms with Crippen LogP contribution in [-0.4, -0.2) is 59.4 Å². The number of likely N-dealkylation sites (tertiary alicyclic amines) is 2. The molecule has 3 saturated heterocycles. The summed E-state index contributed by atoms with van der Waals surface area (Å²) in [6.07, 6.45) is 12.8. The van der Waals surface area contributed by atoms with E-state index in [1.807, 2.05) is 4.90 Å². The minimum atomic E-state index is -0.183. The van der Waals surface area contributed by atoms with Crippen molar-refractivity contribution in [3.8, 4) is 0 Å². The van der Waals surface area contributed by atoms with E-state index in [0.717, 1.165) is 75.9 Å². The molecule has 2 amide bonds. The molecule has 7 aliphatic rings. The van der Waals surface area contributed by atoms with Gasteiger partial charge in [0.15, 0.2) is 0 Å². The zero-order chi connectivity index (χ0) is 18.9. The Morgan fingerprint density at radius 3 is 2.21 bits per heavy atom. The Morgan fingerprint density at radius 1 is 0.821 bits per heavy atom. The molecule has 0 aromatic heterocycles. The second kappa shape index (κ2) is 6.45. The smallest absolute Gasteiger partial charge is 0.245 e. The maximum Gasteiger partial charge on any atom is 0.245 e. The summed E-state index contributed by atoms with van der Waals surface area (Å²) < 4.78 is 0. The molecule has 0 aromatic carbocycles. The first-order valence-electron chi connectivity index (χ1n) is 12.0. The summed E-state index contributed by atoms with van der Waals surface area (Å²) in [6.45, 7) is 2.50. The lowest BCUT2D eigenvalue weighted by Gasteiger charge is -2.56. The fourth-order valence-corrected chi connectivity index (χ4v) is 8.30. The summed E-state index contributed by atoms with van der Waals surface area (Å²) >= 11 is 0. The maximum absolute atomic E-state index is 13.8. The van der Waals surface area contributed by atoms with Gasteiger partial charge in [0.25, 0.3) is 0 Å². The second-order valence-corrected chi connectivity index (χ2v) is 11.1. The van der Waals surface area contributed by atoms with Crippen LogP contribution >= 0.6 is 0 Å². The van der Waals surface area contributed by atoms with E-state index in [9.17, 15) is 9.59 Å². The molecule has 5 heteroatoms. The van der Waals surface area contributed by atoms with Crippen molar-refractivity contribution in [2.24, 2.45) is 23.2 Å². The lowest BCUT2D eigenvalue weighted by atomic mass is 9.49. The van der Waals surface area contributed by atoms with Gasteiger partial charge in [0.1, 0.15) is 6.04 Å². The highest BCUT2D eigenvalue weighted by Crippen LogP contribution is 2.60. The lowest BCUT2D eigenvalue weighted by Crippen LogP contribution is -2.58. The SMILES string of the molecule is O=C(C1CCCN1C(=O)C12CC3CC(CC(C3)C1)C2)N1CCC2CCC(C1)N2. The third-order valence-corrected chi connectivity index (χ3v) is 9.13. The second-order valence-electron chi connectivity index (χ2n) is 11.1. The number of nitrogens with zero attached hydrogens (tertiary/aromatic N) is 2. The van der Waals surface area contributed by atoms with E-state index in [4.69, 9.17) is 0 Å². The average Bonchev–Trinajstić information content (AvgIpc) is 3.26. The van der Waals surface area contributed by atoms with Gasteiger partial charge in [0, 0.05) is 31.7 Å². The van der Waals surface area contributed by atoms with Crippen molar-refractivity contribution in [1.29, 1.82) is 0 Å². The van der Waals surface area contributed by atoms with Crippen molar-refractivity contribution < 1.29 is 9.59 Å². The monoisotopic (exact) mass is 385 g/mol. The Labute approximate surface area is 168 Å². The van der Waals surface area contributed by atoms with Gasteiger partial charge in [-0.15, -0.1) is 0 Å². The average molecular weight is 386 g/mol. The number of rotatable bonds is 2. The summed E-state index contributed by atoms with van der Waals surface area (Å²) in [5.74, 6) is 2.93. The van der Waals surface area contributed by atoms with E-state index >= 15 is 0 Å². The number of amides is 2. The molecule has 0 radical (unpaired) electrons. The fraction of sp³-hybridized carbons (Fsp3) is 0.913. The first-order valence-corrected chi connectivity index (χ1v) is 12.0. The lowest BCUT2D eigenvalue weighted by molar-refractivity contribution is -0.162. The molecule has 5 nitrogen and oxygen atoms in total. The van der Waals surface area contributed by atoms with Gasteiger partial charge in [-0.25, -0.2) is 0 Å². The van der Waals surface area contributed by atoms with Crippen molar-refractivity contribution in [2.75, 3.05) is 19.6 Å². The van der Waals surface area contributed by atoms with Crippen LogP contribution in [0, 0.1) is 23.2 Å². The van der Waals surface area contributed by atoms with E-state index in [-0.39, 0.29) is 17.4 Å². The third kappa shape index (κ3) is 2.75.